The highest BCUT2D eigenvalue weighted by Crippen LogP contribution is 2.07. The molecule has 0 saturated heterocycles. The maximum absolute atomic E-state index is 11.5. The molecule has 1 atom stereocenters. The number of rotatable bonds is 7. The number of hydrogen-bond donors (Lipinski definition) is 3. The summed E-state index contributed by atoms with van der Waals surface area (Å²) >= 11 is 0. The van der Waals surface area contributed by atoms with Gasteiger partial charge in [0.2, 0.25) is 10.0 Å². The second-order valence-corrected chi connectivity index (χ2v) is 7.09. The number of nitrogens with one attached hydrogen (secondary N) is 3. The molecule has 0 aliphatic heterocycles. The first kappa shape index (κ1) is 18.4. The molecular formula is C15H26N4O2S. The van der Waals surface area contributed by atoms with E-state index < -0.39 is 10.0 Å². The highest BCUT2D eigenvalue weighted by Gasteiger charge is 2.08. The van der Waals surface area contributed by atoms with Crippen LogP contribution in [0.2, 0.25) is 0 Å². The van der Waals surface area contributed by atoms with E-state index in [0.29, 0.717) is 12.6 Å². The lowest BCUT2D eigenvalue weighted by atomic mass is 10.1. The highest BCUT2D eigenvalue weighted by atomic mass is 32.2. The maximum Gasteiger partial charge on any atom is 0.215 e. The molecule has 1 unspecified atom stereocenters. The number of guanidine groups is 1. The van der Waals surface area contributed by atoms with E-state index in [1.807, 2.05) is 24.3 Å². The van der Waals surface area contributed by atoms with E-state index in [1.165, 1.54) is 7.05 Å². The van der Waals surface area contributed by atoms with Crippen molar-refractivity contribution in [3.05, 3.63) is 35.4 Å². The summed E-state index contributed by atoms with van der Waals surface area (Å²) in [5, 5.41) is 6.53. The summed E-state index contributed by atoms with van der Waals surface area (Å²) in [4.78, 5) is 4.17. The average molecular weight is 326 g/mol. The molecule has 6 nitrogen and oxygen atoms in total. The molecule has 0 heterocycles. The summed E-state index contributed by atoms with van der Waals surface area (Å²) < 4.78 is 25.3. The minimum absolute atomic E-state index is 0.00551. The largest absolute Gasteiger partial charge is 0.354 e. The molecule has 0 aromatic heterocycles. The predicted molar refractivity (Wildman–Crippen MR) is 91.2 cm³/mol. The van der Waals surface area contributed by atoms with Gasteiger partial charge < -0.3 is 10.6 Å². The maximum atomic E-state index is 11.5. The standard InChI is InChI=1S/C15H26N4O2S/c1-5-12(2)19-15(16-3)18-10-13-6-8-14(9-7-13)11-22(20,21)17-4/h6-9,12,17H,5,10-11H2,1-4H3,(H2,16,18,19). The molecular weight excluding hydrogens is 300 g/mol. The lowest BCUT2D eigenvalue weighted by Gasteiger charge is -2.16. The Kier molecular flexibility index (Phi) is 7.34. The first-order valence-corrected chi connectivity index (χ1v) is 9.01. The molecule has 0 spiro atoms. The molecule has 0 bridgehead atoms. The van der Waals surface area contributed by atoms with Crippen LogP contribution in [0, 0.1) is 0 Å². The average Bonchev–Trinajstić information content (AvgIpc) is 2.52. The summed E-state index contributed by atoms with van der Waals surface area (Å²) in [7, 11) is -0.0666. The van der Waals surface area contributed by atoms with Crippen LogP contribution in [0.15, 0.2) is 29.3 Å². The van der Waals surface area contributed by atoms with Gasteiger partial charge in [-0.3, -0.25) is 4.99 Å². The Morgan fingerprint density at radius 3 is 2.32 bits per heavy atom. The molecule has 0 radical (unpaired) electrons. The van der Waals surface area contributed by atoms with Crippen molar-refractivity contribution in [3.63, 3.8) is 0 Å². The Balaban J connectivity index is 2.57. The first-order valence-electron chi connectivity index (χ1n) is 7.36. The summed E-state index contributed by atoms with van der Waals surface area (Å²) in [5.74, 6) is 0.755. The van der Waals surface area contributed by atoms with E-state index in [-0.39, 0.29) is 5.75 Å². The Hall–Kier alpha value is -1.60. The van der Waals surface area contributed by atoms with Crippen LogP contribution >= 0.6 is 0 Å². The van der Waals surface area contributed by atoms with E-state index in [4.69, 9.17) is 0 Å². The Morgan fingerprint density at radius 2 is 1.82 bits per heavy atom. The third-order valence-electron chi connectivity index (χ3n) is 3.37. The zero-order chi connectivity index (χ0) is 16.6. The van der Waals surface area contributed by atoms with Crippen molar-refractivity contribution in [1.82, 2.24) is 15.4 Å². The number of nitrogens with zero attached hydrogens (tertiary/aromatic N) is 1. The molecule has 0 saturated carbocycles. The van der Waals surface area contributed by atoms with E-state index in [9.17, 15) is 8.42 Å². The van der Waals surface area contributed by atoms with Crippen LogP contribution in [-0.2, 0) is 22.3 Å². The van der Waals surface area contributed by atoms with Crippen LogP contribution < -0.4 is 15.4 Å². The van der Waals surface area contributed by atoms with Crippen molar-refractivity contribution in [2.75, 3.05) is 14.1 Å². The SMILES string of the molecule is CCC(C)NC(=NC)NCc1ccc(CS(=O)(=O)NC)cc1. The minimum Gasteiger partial charge on any atom is -0.354 e. The van der Waals surface area contributed by atoms with Crippen molar-refractivity contribution in [3.8, 4) is 0 Å². The van der Waals surface area contributed by atoms with E-state index in [2.05, 4.69) is 34.2 Å². The van der Waals surface area contributed by atoms with E-state index in [0.717, 1.165) is 23.5 Å². The zero-order valence-electron chi connectivity index (χ0n) is 13.7. The molecule has 3 N–H and O–H groups in total. The molecule has 22 heavy (non-hydrogen) atoms. The van der Waals surface area contributed by atoms with Gasteiger partial charge in [0.1, 0.15) is 0 Å². The van der Waals surface area contributed by atoms with Crippen LogP contribution in [0.1, 0.15) is 31.4 Å². The topological polar surface area (TPSA) is 82.6 Å². The summed E-state index contributed by atoms with van der Waals surface area (Å²) in [6.07, 6.45) is 1.02. The fourth-order valence-corrected chi connectivity index (χ4v) is 2.54. The smallest absolute Gasteiger partial charge is 0.215 e. The lowest BCUT2D eigenvalue weighted by molar-refractivity contribution is 0.587. The second-order valence-electron chi connectivity index (χ2n) is 5.16. The number of aliphatic imine (C=N–C) groups is 1. The van der Waals surface area contributed by atoms with Crippen LogP contribution in [0.4, 0.5) is 0 Å². The van der Waals surface area contributed by atoms with Gasteiger partial charge in [-0.05, 0) is 31.5 Å². The van der Waals surface area contributed by atoms with Gasteiger partial charge in [-0.25, -0.2) is 13.1 Å². The summed E-state index contributed by atoms with van der Waals surface area (Å²) in [6.45, 7) is 4.85. The van der Waals surface area contributed by atoms with Gasteiger partial charge >= 0.3 is 0 Å². The third-order valence-corrected chi connectivity index (χ3v) is 4.71. The van der Waals surface area contributed by atoms with Crippen LogP contribution in [0.3, 0.4) is 0 Å². The fourth-order valence-electron chi connectivity index (χ4n) is 1.76. The molecule has 0 amide bonds. The lowest BCUT2D eigenvalue weighted by Crippen LogP contribution is -2.41. The van der Waals surface area contributed by atoms with Crippen LogP contribution in [0.25, 0.3) is 0 Å². The molecule has 0 aliphatic rings. The van der Waals surface area contributed by atoms with Gasteiger partial charge in [0, 0.05) is 19.6 Å². The van der Waals surface area contributed by atoms with Crippen LogP contribution in [-0.4, -0.2) is 34.5 Å². The van der Waals surface area contributed by atoms with Gasteiger partial charge in [0.25, 0.3) is 0 Å². The number of benzene rings is 1. The van der Waals surface area contributed by atoms with Gasteiger partial charge in [0.05, 0.1) is 5.75 Å². The Labute approximate surface area is 133 Å². The molecule has 0 fully saturated rings. The van der Waals surface area contributed by atoms with Crippen molar-refractivity contribution in [2.45, 2.75) is 38.6 Å². The molecule has 124 valence electrons. The number of hydrogen-bond acceptors (Lipinski definition) is 3. The van der Waals surface area contributed by atoms with E-state index in [1.54, 1.807) is 7.05 Å². The number of sulfonamides is 1. The third kappa shape index (κ3) is 6.44. The minimum atomic E-state index is -3.23. The van der Waals surface area contributed by atoms with Gasteiger partial charge in [-0.2, -0.15) is 0 Å². The fraction of sp³-hybridized carbons (Fsp3) is 0.533. The Morgan fingerprint density at radius 1 is 1.23 bits per heavy atom. The summed E-state index contributed by atoms with van der Waals surface area (Å²) in [5.41, 5.74) is 1.83. The van der Waals surface area contributed by atoms with Gasteiger partial charge in [0.15, 0.2) is 5.96 Å². The molecule has 1 aromatic rings. The van der Waals surface area contributed by atoms with Crippen LogP contribution in [0.5, 0.6) is 0 Å². The van der Waals surface area contributed by atoms with Crippen molar-refractivity contribution < 1.29 is 8.42 Å². The van der Waals surface area contributed by atoms with Crippen molar-refractivity contribution in [1.29, 1.82) is 0 Å². The normalized spacial score (nSPS) is 13.7. The van der Waals surface area contributed by atoms with Gasteiger partial charge in [-0.15, -0.1) is 0 Å². The Bertz CT molecular complexity index is 582. The van der Waals surface area contributed by atoms with Crippen molar-refractivity contribution >= 4 is 16.0 Å². The van der Waals surface area contributed by atoms with E-state index >= 15 is 0 Å². The van der Waals surface area contributed by atoms with Gasteiger partial charge in [-0.1, -0.05) is 31.2 Å². The molecule has 1 rings (SSSR count). The molecule has 1 aromatic carbocycles. The zero-order valence-corrected chi connectivity index (χ0v) is 14.5. The predicted octanol–water partition coefficient (Wildman–Crippen LogP) is 1.20. The monoisotopic (exact) mass is 326 g/mol. The summed E-state index contributed by atoms with van der Waals surface area (Å²) in [6, 6.07) is 7.86. The second kappa shape index (κ2) is 8.75. The highest BCUT2D eigenvalue weighted by molar-refractivity contribution is 7.88. The molecule has 0 aliphatic carbocycles. The first-order chi connectivity index (χ1) is 10.4. The van der Waals surface area contributed by atoms with Crippen molar-refractivity contribution in [2.24, 2.45) is 4.99 Å². The molecule has 7 heteroatoms. The quantitative estimate of drug-likeness (QED) is 0.519.